The van der Waals surface area contributed by atoms with Gasteiger partial charge in [0.2, 0.25) is 18.6 Å². The maximum Gasteiger partial charge on any atom is 0.233 e. The molecule has 24 heavy (non-hydrogen) atoms. The molecule has 2 N–H and O–H groups in total. The largest absolute Gasteiger partial charge is 0.454 e. The number of benzene rings is 2. The highest BCUT2D eigenvalue weighted by molar-refractivity contribution is 6.30. The van der Waals surface area contributed by atoms with Crippen molar-refractivity contribution in [2.24, 2.45) is 0 Å². The van der Waals surface area contributed by atoms with Gasteiger partial charge in [-0.3, -0.25) is 9.59 Å². The topological polar surface area (TPSA) is 76.7 Å². The summed E-state index contributed by atoms with van der Waals surface area (Å²) in [7, 11) is 0. The van der Waals surface area contributed by atoms with E-state index in [0.29, 0.717) is 28.8 Å². The van der Waals surface area contributed by atoms with E-state index in [0.717, 1.165) is 5.56 Å². The van der Waals surface area contributed by atoms with Gasteiger partial charge in [0, 0.05) is 23.3 Å². The second-order valence-corrected chi connectivity index (χ2v) is 5.63. The number of carbonyl (C=O) groups is 2. The Morgan fingerprint density at radius 1 is 1.00 bits per heavy atom. The third-order valence-corrected chi connectivity index (χ3v) is 3.63. The van der Waals surface area contributed by atoms with Gasteiger partial charge >= 0.3 is 0 Å². The lowest BCUT2D eigenvalue weighted by Crippen LogP contribution is -2.27. The minimum Gasteiger partial charge on any atom is -0.454 e. The number of ether oxygens (including phenoxy) is 2. The van der Waals surface area contributed by atoms with Gasteiger partial charge in [0.1, 0.15) is 6.42 Å². The van der Waals surface area contributed by atoms with Gasteiger partial charge in [-0.15, -0.1) is 0 Å². The smallest absolute Gasteiger partial charge is 0.233 e. The SMILES string of the molecule is O=C(CC(=O)Nc1ccc2c(c1)OCO2)NCc1ccc(Cl)cc1. The van der Waals surface area contributed by atoms with Crippen LogP contribution in [0.3, 0.4) is 0 Å². The second-order valence-electron chi connectivity index (χ2n) is 5.20. The van der Waals surface area contributed by atoms with Crippen LogP contribution in [0.4, 0.5) is 5.69 Å². The molecule has 0 aromatic heterocycles. The molecule has 2 aromatic rings. The summed E-state index contributed by atoms with van der Waals surface area (Å²) in [6.07, 6.45) is -0.262. The van der Waals surface area contributed by atoms with Crippen LogP contribution in [0, 0.1) is 0 Å². The van der Waals surface area contributed by atoms with E-state index in [2.05, 4.69) is 10.6 Å². The zero-order chi connectivity index (χ0) is 16.9. The Labute approximate surface area is 143 Å². The molecule has 0 saturated heterocycles. The van der Waals surface area contributed by atoms with Crippen molar-refractivity contribution >= 4 is 29.1 Å². The van der Waals surface area contributed by atoms with Gasteiger partial charge < -0.3 is 20.1 Å². The Hall–Kier alpha value is -2.73. The average molecular weight is 347 g/mol. The van der Waals surface area contributed by atoms with Crippen LogP contribution in [0.15, 0.2) is 42.5 Å². The molecular formula is C17H15ClN2O4. The first-order valence-corrected chi connectivity index (χ1v) is 7.68. The first-order chi connectivity index (χ1) is 11.6. The molecular weight excluding hydrogens is 332 g/mol. The van der Waals surface area contributed by atoms with Crippen molar-refractivity contribution < 1.29 is 19.1 Å². The molecule has 0 saturated carbocycles. The third-order valence-electron chi connectivity index (χ3n) is 3.38. The Balaban J connectivity index is 1.47. The van der Waals surface area contributed by atoms with Crippen LogP contribution in [-0.4, -0.2) is 18.6 Å². The summed E-state index contributed by atoms with van der Waals surface area (Å²) in [5.41, 5.74) is 1.46. The van der Waals surface area contributed by atoms with Crippen LogP contribution in [0.1, 0.15) is 12.0 Å². The molecule has 7 heteroatoms. The number of hydrogen-bond donors (Lipinski definition) is 2. The van der Waals surface area contributed by atoms with Crippen molar-refractivity contribution in [2.75, 3.05) is 12.1 Å². The fraction of sp³-hybridized carbons (Fsp3) is 0.176. The molecule has 1 aliphatic rings. The van der Waals surface area contributed by atoms with Gasteiger partial charge in [-0.25, -0.2) is 0 Å². The number of carbonyl (C=O) groups excluding carboxylic acids is 2. The highest BCUT2D eigenvalue weighted by Crippen LogP contribution is 2.34. The molecule has 1 heterocycles. The molecule has 0 atom stereocenters. The minimum atomic E-state index is -0.400. The van der Waals surface area contributed by atoms with E-state index >= 15 is 0 Å². The number of anilines is 1. The zero-order valence-corrected chi connectivity index (χ0v) is 13.4. The number of halogens is 1. The highest BCUT2D eigenvalue weighted by Gasteiger charge is 2.15. The van der Waals surface area contributed by atoms with Gasteiger partial charge in [-0.1, -0.05) is 23.7 Å². The van der Waals surface area contributed by atoms with E-state index in [4.69, 9.17) is 21.1 Å². The monoisotopic (exact) mass is 346 g/mol. The molecule has 0 bridgehead atoms. The summed E-state index contributed by atoms with van der Waals surface area (Å²) in [6.45, 7) is 0.507. The van der Waals surface area contributed by atoms with Crippen LogP contribution < -0.4 is 20.1 Å². The molecule has 3 rings (SSSR count). The van der Waals surface area contributed by atoms with Crippen LogP contribution in [0.2, 0.25) is 5.02 Å². The molecule has 0 fully saturated rings. The number of nitrogens with one attached hydrogen (secondary N) is 2. The van der Waals surface area contributed by atoms with E-state index in [9.17, 15) is 9.59 Å². The molecule has 0 aliphatic carbocycles. The Kier molecular flexibility index (Phi) is 4.86. The lowest BCUT2D eigenvalue weighted by atomic mass is 10.2. The standard InChI is InChI=1S/C17H15ClN2O4/c18-12-3-1-11(2-4-12)9-19-16(21)8-17(22)20-13-5-6-14-15(7-13)24-10-23-14/h1-7H,8-10H2,(H,19,21)(H,20,22). The minimum absolute atomic E-state index is 0.167. The first kappa shape index (κ1) is 16.1. The first-order valence-electron chi connectivity index (χ1n) is 7.31. The zero-order valence-electron chi connectivity index (χ0n) is 12.7. The summed E-state index contributed by atoms with van der Waals surface area (Å²) < 4.78 is 10.4. The molecule has 2 amide bonds. The summed E-state index contributed by atoms with van der Waals surface area (Å²) in [4.78, 5) is 23.7. The highest BCUT2D eigenvalue weighted by atomic mass is 35.5. The van der Waals surface area contributed by atoms with Crippen LogP contribution in [0.25, 0.3) is 0 Å². The quantitative estimate of drug-likeness (QED) is 0.816. The lowest BCUT2D eigenvalue weighted by molar-refractivity contribution is -0.126. The maximum atomic E-state index is 11.9. The molecule has 124 valence electrons. The van der Waals surface area contributed by atoms with Crippen molar-refractivity contribution in [1.82, 2.24) is 5.32 Å². The Bertz CT molecular complexity index is 762. The van der Waals surface area contributed by atoms with Gasteiger partial charge in [0.05, 0.1) is 0 Å². The molecule has 0 radical (unpaired) electrons. The Morgan fingerprint density at radius 2 is 1.75 bits per heavy atom. The van der Waals surface area contributed by atoms with Crippen molar-refractivity contribution in [1.29, 1.82) is 0 Å². The van der Waals surface area contributed by atoms with E-state index in [1.807, 2.05) is 12.1 Å². The Morgan fingerprint density at radius 3 is 2.54 bits per heavy atom. The van der Waals surface area contributed by atoms with E-state index < -0.39 is 5.91 Å². The number of amides is 2. The van der Waals surface area contributed by atoms with E-state index in [1.165, 1.54) is 0 Å². The molecule has 1 aliphatic heterocycles. The summed E-state index contributed by atoms with van der Waals surface area (Å²) in [5.74, 6) is 0.444. The van der Waals surface area contributed by atoms with Crippen molar-refractivity contribution in [2.45, 2.75) is 13.0 Å². The van der Waals surface area contributed by atoms with Crippen molar-refractivity contribution in [3.05, 3.63) is 53.1 Å². The van der Waals surface area contributed by atoms with Crippen LogP contribution in [0.5, 0.6) is 11.5 Å². The number of rotatable bonds is 5. The summed E-state index contributed by atoms with van der Waals surface area (Å²) >= 11 is 5.80. The predicted octanol–water partition coefficient (Wildman–Crippen LogP) is 2.71. The lowest BCUT2D eigenvalue weighted by Gasteiger charge is -2.07. The molecule has 0 unspecified atom stereocenters. The van der Waals surface area contributed by atoms with Gasteiger partial charge in [-0.05, 0) is 29.8 Å². The summed E-state index contributed by atoms with van der Waals surface area (Å²) in [6, 6.07) is 12.2. The van der Waals surface area contributed by atoms with Crippen LogP contribution >= 0.6 is 11.6 Å². The van der Waals surface area contributed by atoms with E-state index in [-0.39, 0.29) is 19.1 Å². The van der Waals surface area contributed by atoms with Crippen molar-refractivity contribution in [3.8, 4) is 11.5 Å². The summed E-state index contributed by atoms with van der Waals surface area (Å²) in [5, 5.41) is 5.98. The molecule has 0 spiro atoms. The predicted molar refractivity (Wildman–Crippen MR) is 89.1 cm³/mol. The van der Waals surface area contributed by atoms with Gasteiger partial charge in [0.15, 0.2) is 11.5 Å². The number of fused-ring (bicyclic) bond motifs is 1. The average Bonchev–Trinajstić information content (AvgIpc) is 3.02. The fourth-order valence-electron chi connectivity index (χ4n) is 2.19. The van der Waals surface area contributed by atoms with Gasteiger partial charge in [0.25, 0.3) is 0 Å². The maximum absolute atomic E-state index is 11.9. The van der Waals surface area contributed by atoms with Crippen LogP contribution in [-0.2, 0) is 16.1 Å². The number of hydrogen-bond acceptors (Lipinski definition) is 4. The molecule has 2 aromatic carbocycles. The molecule has 6 nitrogen and oxygen atoms in total. The third kappa shape index (κ3) is 4.17. The normalized spacial score (nSPS) is 11.9. The van der Waals surface area contributed by atoms with Gasteiger partial charge in [-0.2, -0.15) is 0 Å². The van der Waals surface area contributed by atoms with E-state index in [1.54, 1.807) is 30.3 Å². The second kappa shape index (κ2) is 7.23. The van der Waals surface area contributed by atoms with Crippen molar-refractivity contribution in [3.63, 3.8) is 0 Å². The fourth-order valence-corrected chi connectivity index (χ4v) is 2.32.